The van der Waals surface area contributed by atoms with Gasteiger partial charge in [0.2, 0.25) is 0 Å². The molecule has 5 nitrogen and oxygen atoms in total. The Hall–Kier alpha value is -1.31. The van der Waals surface area contributed by atoms with Crippen molar-refractivity contribution in [3.05, 3.63) is 35.4 Å². The molecule has 1 aliphatic heterocycles. The molecule has 0 aromatic heterocycles. The Labute approximate surface area is 167 Å². The number of hydrogen-bond acceptors (Lipinski definition) is 2. The van der Waals surface area contributed by atoms with Gasteiger partial charge in [-0.15, -0.1) is 24.0 Å². The summed E-state index contributed by atoms with van der Waals surface area (Å²) in [6.45, 7) is 5.90. The standard InChI is InChI=1S/C19H28N4O.HI/c1-3-21-18(23-12-11-19(14-23)9-4-10-19)22-13-15-5-7-16(8-6-15)17(24)20-2;/h5-8H,3-4,9-14H2,1-2H3,(H,20,24)(H,21,22);1H. The van der Waals surface area contributed by atoms with Gasteiger partial charge in [-0.2, -0.15) is 0 Å². The number of nitrogens with zero attached hydrogens (tertiary/aromatic N) is 2. The first kappa shape index (κ1) is 20.0. The maximum Gasteiger partial charge on any atom is 0.251 e. The summed E-state index contributed by atoms with van der Waals surface area (Å²) in [6.07, 6.45) is 5.45. The quantitative estimate of drug-likeness (QED) is 0.416. The Kier molecular flexibility index (Phi) is 7.10. The van der Waals surface area contributed by atoms with E-state index in [1.807, 2.05) is 24.3 Å². The lowest BCUT2D eigenvalue weighted by atomic mass is 9.68. The molecule has 1 spiro atoms. The number of guanidine groups is 1. The second kappa shape index (κ2) is 8.87. The third-order valence-corrected chi connectivity index (χ3v) is 5.34. The summed E-state index contributed by atoms with van der Waals surface area (Å²) in [5.74, 6) is 0.970. The molecule has 1 heterocycles. The molecule has 0 unspecified atom stereocenters. The van der Waals surface area contributed by atoms with Gasteiger partial charge in [-0.3, -0.25) is 4.79 Å². The molecule has 0 bridgehead atoms. The van der Waals surface area contributed by atoms with E-state index in [9.17, 15) is 4.79 Å². The van der Waals surface area contributed by atoms with E-state index in [0.717, 1.165) is 31.2 Å². The fraction of sp³-hybridized carbons (Fsp3) is 0.579. The maximum atomic E-state index is 11.6. The number of hydrogen-bond donors (Lipinski definition) is 2. The van der Waals surface area contributed by atoms with E-state index in [-0.39, 0.29) is 29.9 Å². The monoisotopic (exact) mass is 456 g/mol. The first-order valence-electron chi connectivity index (χ1n) is 9.00. The SMILES string of the molecule is CCNC(=NCc1ccc(C(=O)NC)cc1)N1CCC2(CCC2)C1.I. The Morgan fingerprint density at radius 3 is 2.48 bits per heavy atom. The average molecular weight is 456 g/mol. The van der Waals surface area contributed by atoms with E-state index in [1.54, 1.807) is 7.05 Å². The van der Waals surface area contributed by atoms with Crippen molar-refractivity contribution in [1.29, 1.82) is 0 Å². The number of halogens is 1. The molecular weight excluding hydrogens is 427 g/mol. The molecule has 1 aromatic rings. The zero-order valence-corrected chi connectivity index (χ0v) is 17.5. The van der Waals surface area contributed by atoms with Gasteiger partial charge in [-0.1, -0.05) is 18.6 Å². The minimum absolute atomic E-state index is 0. The third-order valence-electron chi connectivity index (χ3n) is 5.34. The van der Waals surface area contributed by atoms with E-state index in [2.05, 4.69) is 22.5 Å². The van der Waals surface area contributed by atoms with E-state index in [0.29, 0.717) is 17.5 Å². The van der Waals surface area contributed by atoms with Crippen LogP contribution in [0.5, 0.6) is 0 Å². The Morgan fingerprint density at radius 1 is 1.24 bits per heavy atom. The van der Waals surface area contributed by atoms with Crippen molar-refractivity contribution < 1.29 is 4.79 Å². The second-order valence-corrected chi connectivity index (χ2v) is 6.97. The molecule has 138 valence electrons. The van der Waals surface area contributed by atoms with Crippen molar-refractivity contribution in [2.24, 2.45) is 10.4 Å². The molecule has 1 saturated carbocycles. The molecule has 0 radical (unpaired) electrons. The van der Waals surface area contributed by atoms with Crippen molar-refractivity contribution in [1.82, 2.24) is 15.5 Å². The lowest BCUT2D eigenvalue weighted by Gasteiger charge is -2.38. The van der Waals surface area contributed by atoms with Gasteiger partial charge < -0.3 is 15.5 Å². The van der Waals surface area contributed by atoms with E-state index >= 15 is 0 Å². The van der Waals surface area contributed by atoms with Crippen LogP contribution < -0.4 is 10.6 Å². The molecule has 1 aliphatic carbocycles. The Morgan fingerprint density at radius 2 is 1.96 bits per heavy atom. The van der Waals surface area contributed by atoms with Crippen molar-refractivity contribution in [3.63, 3.8) is 0 Å². The fourth-order valence-corrected chi connectivity index (χ4v) is 3.70. The Bertz CT molecular complexity index is 610. The van der Waals surface area contributed by atoms with Gasteiger partial charge in [-0.25, -0.2) is 4.99 Å². The van der Waals surface area contributed by atoms with Crippen LogP contribution in [0.4, 0.5) is 0 Å². The largest absolute Gasteiger partial charge is 0.357 e. The number of nitrogens with one attached hydrogen (secondary N) is 2. The van der Waals surface area contributed by atoms with E-state index in [4.69, 9.17) is 4.99 Å². The van der Waals surface area contributed by atoms with Crippen LogP contribution >= 0.6 is 24.0 Å². The average Bonchev–Trinajstić information content (AvgIpc) is 3.04. The van der Waals surface area contributed by atoms with Crippen LogP contribution in [0, 0.1) is 5.41 Å². The number of rotatable bonds is 4. The highest BCUT2D eigenvalue weighted by molar-refractivity contribution is 14.0. The van der Waals surface area contributed by atoms with Gasteiger partial charge in [-0.05, 0) is 49.3 Å². The Balaban J connectivity index is 0.00000225. The zero-order chi connectivity index (χ0) is 17.0. The molecule has 2 aliphatic rings. The van der Waals surface area contributed by atoms with E-state index in [1.165, 1.54) is 25.7 Å². The molecule has 25 heavy (non-hydrogen) atoms. The van der Waals surface area contributed by atoms with E-state index < -0.39 is 0 Å². The highest BCUT2D eigenvalue weighted by Crippen LogP contribution is 2.47. The first-order valence-corrected chi connectivity index (χ1v) is 9.00. The van der Waals surface area contributed by atoms with Crippen LogP contribution in [-0.4, -0.2) is 43.4 Å². The van der Waals surface area contributed by atoms with Gasteiger partial charge in [0.25, 0.3) is 5.91 Å². The van der Waals surface area contributed by atoms with Crippen LogP contribution in [0.2, 0.25) is 0 Å². The minimum Gasteiger partial charge on any atom is -0.357 e. The molecule has 1 aromatic carbocycles. The number of benzene rings is 1. The maximum absolute atomic E-state index is 11.6. The molecule has 0 atom stereocenters. The summed E-state index contributed by atoms with van der Waals surface area (Å²) in [7, 11) is 1.65. The van der Waals surface area contributed by atoms with Gasteiger partial charge in [0, 0.05) is 32.2 Å². The number of aliphatic imine (C=N–C) groups is 1. The molecule has 2 fully saturated rings. The highest BCUT2D eigenvalue weighted by atomic mass is 127. The number of carbonyl (C=O) groups is 1. The van der Waals surface area contributed by atoms with Crippen LogP contribution in [0.1, 0.15) is 48.5 Å². The lowest BCUT2D eigenvalue weighted by molar-refractivity contribution is 0.0963. The summed E-state index contributed by atoms with van der Waals surface area (Å²) in [4.78, 5) is 18.8. The first-order chi connectivity index (χ1) is 11.7. The van der Waals surface area contributed by atoms with Gasteiger partial charge in [0.1, 0.15) is 0 Å². The zero-order valence-electron chi connectivity index (χ0n) is 15.2. The number of amides is 1. The van der Waals surface area contributed by atoms with Gasteiger partial charge in [0.05, 0.1) is 6.54 Å². The molecule has 3 rings (SSSR count). The van der Waals surface area contributed by atoms with Crippen LogP contribution in [0.3, 0.4) is 0 Å². The summed E-state index contributed by atoms with van der Waals surface area (Å²) in [5, 5.41) is 6.07. The molecule has 2 N–H and O–H groups in total. The fourth-order valence-electron chi connectivity index (χ4n) is 3.70. The van der Waals surface area contributed by atoms with Crippen LogP contribution in [0.15, 0.2) is 29.3 Å². The molecular formula is C19H29IN4O. The van der Waals surface area contributed by atoms with Crippen LogP contribution in [-0.2, 0) is 6.54 Å². The lowest BCUT2D eigenvalue weighted by Crippen LogP contribution is -2.42. The predicted octanol–water partition coefficient (Wildman–Crippen LogP) is 3.01. The number of likely N-dealkylation sites (tertiary alicyclic amines) is 1. The normalized spacial score (nSPS) is 18.5. The molecule has 1 saturated heterocycles. The van der Waals surface area contributed by atoms with Crippen molar-refractivity contribution in [2.75, 3.05) is 26.7 Å². The number of carbonyl (C=O) groups excluding carboxylic acids is 1. The minimum atomic E-state index is -0.0544. The summed E-state index contributed by atoms with van der Waals surface area (Å²) >= 11 is 0. The highest BCUT2D eigenvalue weighted by Gasteiger charge is 2.43. The van der Waals surface area contributed by atoms with Crippen molar-refractivity contribution in [2.45, 2.75) is 39.2 Å². The summed E-state index contributed by atoms with van der Waals surface area (Å²) in [6, 6.07) is 7.68. The van der Waals surface area contributed by atoms with Crippen LogP contribution in [0.25, 0.3) is 0 Å². The third kappa shape index (κ3) is 4.65. The molecule has 6 heteroatoms. The summed E-state index contributed by atoms with van der Waals surface area (Å²) in [5.41, 5.74) is 2.38. The second-order valence-electron chi connectivity index (χ2n) is 6.97. The summed E-state index contributed by atoms with van der Waals surface area (Å²) < 4.78 is 0. The predicted molar refractivity (Wildman–Crippen MR) is 113 cm³/mol. The van der Waals surface area contributed by atoms with Crippen molar-refractivity contribution in [3.8, 4) is 0 Å². The smallest absolute Gasteiger partial charge is 0.251 e. The van der Waals surface area contributed by atoms with Gasteiger partial charge >= 0.3 is 0 Å². The van der Waals surface area contributed by atoms with Crippen molar-refractivity contribution >= 4 is 35.8 Å². The molecule has 1 amide bonds. The van der Waals surface area contributed by atoms with Gasteiger partial charge in [0.15, 0.2) is 5.96 Å². The topological polar surface area (TPSA) is 56.7 Å².